The van der Waals surface area contributed by atoms with Gasteiger partial charge in [0.2, 0.25) is 0 Å². The molecule has 0 unspecified atom stereocenters. The second-order valence-electron chi connectivity index (χ2n) is 3.47. The molecule has 0 aliphatic carbocycles. The number of rotatable bonds is 2. The normalized spacial score (nSPS) is 11.1. The van der Waals surface area contributed by atoms with E-state index in [1.807, 2.05) is 0 Å². The van der Waals surface area contributed by atoms with Gasteiger partial charge >= 0.3 is 0 Å². The number of imidazole rings is 1. The fourth-order valence-electron chi connectivity index (χ4n) is 1.69. The van der Waals surface area contributed by atoms with E-state index in [0.29, 0.717) is 0 Å². The van der Waals surface area contributed by atoms with Gasteiger partial charge in [0.15, 0.2) is 11.5 Å². The van der Waals surface area contributed by atoms with Crippen molar-refractivity contribution in [3.05, 3.63) is 29.5 Å². The lowest BCUT2D eigenvalue weighted by Gasteiger charge is -1.95. The highest BCUT2D eigenvalue weighted by molar-refractivity contribution is 7.13. The molecule has 0 fully saturated rings. The summed E-state index contributed by atoms with van der Waals surface area (Å²) in [5.74, 6) is 0.891. The lowest BCUT2D eigenvalue weighted by molar-refractivity contribution is 1.15. The summed E-state index contributed by atoms with van der Waals surface area (Å²) in [5.41, 5.74) is 2.92. The van der Waals surface area contributed by atoms with Crippen molar-refractivity contribution in [3.8, 4) is 10.7 Å². The Balaban J connectivity index is 2.19. The molecular weight excluding hydrogens is 220 g/mol. The maximum Gasteiger partial charge on any atom is 0.181 e. The third-order valence-corrected chi connectivity index (χ3v) is 3.47. The Morgan fingerprint density at radius 3 is 3.19 bits per heavy atom. The number of H-pyrrole nitrogens is 1. The maximum atomic E-state index is 4.47. The molecule has 0 saturated heterocycles. The van der Waals surface area contributed by atoms with E-state index in [-0.39, 0.29) is 0 Å². The molecule has 3 aromatic heterocycles. The van der Waals surface area contributed by atoms with E-state index >= 15 is 0 Å². The maximum absolute atomic E-state index is 4.47. The second kappa shape index (κ2) is 3.68. The van der Waals surface area contributed by atoms with Gasteiger partial charge in [0.25, 0.3) is 0 Å². The van der Waals surface area contributed by atoms with Crippen molar-refractivity contribution in [2.24, 2.45) is 0 Å². The van der Waals surface area contributed by atoms with Gasteiger partial charge in [-0.1, -0.05) is 6.92 Å². The van der Waals surface area contributed by atoms with Gasteiger partial charge in [-0.3, -0.25) is 0 Å². The van der Waals surface area contributed by atoms with Crippen molar-refractivity contribution in [2.45, 2.75) is 13.3 Å². The standard InChI is InChI=1S/C11H10N4S/c1-2-7-3-4-16-9(7)11-14-8-5-12-6-13-10(8)15-11/h3-6H,2H2,1H3,(H,12,13,14,15). The first-order valence-corrected chi connectivity index (χ1v) is 5.99. The minimum atomic E-state index is 0.723. The smallest absolute Gasteiger partial charge is 0.181 e. The molecule has 3 aromatic rings. The summed E-state index contributed by atoms with van der Waals surface area (Å²) in [6.45, 7) is 2.15. The summed E-state index contributed by atoms with van der Waals surface area (Å²) in [4.78, 5) is 17.0. The Labute approximate surface area is 96.4 Å². The monoisotopic (exact) mass is 230 g/mol. The molecule has 0 amide bonds. The van der Waals surface area contributed by atoms with Gasteiger partial charge in [-0.05, 0) is 23.4 Å². The van der Waals surface area contributed by atoms with Gasteiger partial charge < -0.3 is 4.98 Å². The first-order chi connectivity index (χ1) is 7.88. The van der Waals surface area contributed by atoms with Crippen molar-refractivity contribution in [1.82, 2.24) is 19.9 Å². The zero-order valence-electron chi connectivity index (χ0n) is 8.77. The minimum absolute atomic E-state index is 0.723. The molecule has 0 saturated carbocycles. The van der Waals surface area contributed by atoms with Crippen molar-refractivity contribution in [2.75, 3.05) is 0 Å². The van der Waals surface area contributed by atoms with Crippen molar-refractivity contribution in [3.63, 3.8) is 0 Å². The van der Waals surface area contributed by atoms with Crippen LogP contribution in [0.25, 0.3) is 21.9 Å². The predicted octanol–water partition coefficient (Wildman–Crippen LogP) is 2.64. The zero-order chi connectivity index (χ0) is 11.0. The third-order valence-electron chi connectivity index (χ3n) is 2.50. The second-order valence-corrected chi connectivity index (χ2v) is 4.39. The zero-order valence-corrected chi connectivity index (χ0v) is 9.58. The minimum Gasteiger partial charge on any atom is -0.335 e. The average Bonchev–Trinajstić information content (AvgIpc) is 2.94. The molecule has 4 nitrogen and oxygen atoms in total. The Morgan fingerprint density at radius 1 is 1.44 bits per heavy atom. The van der Waals surface area contributed by atoms with Crippen LogP contribution in [0.4, 0.5) is 0 Å². The topological polar surface area (TPSA) is 54.5 Å². The fraction of sp³-hybridized carbons (Fsp3) is 0.182. The predicted molar refractivity (Wildman–Crippen MR) is 64.4 cm³/mol. The summed E-state index contributed by atoms with van der Waals surface area (Å²) in [6.07, 6.45) is 4.28. The van der Waals surface area contributed by atoms with Crippen molar-refractivity contribution >= 4 is 22.5 Å². The van der Waals surface area contributed by atoms with E-state index in [9.17, 15) is 0 Å². The Bertz CT molecular complexity index is 592. The van der Waals surface area contributed by atoms with Crippen LogP contribution in [0.1, 0.15) is 12.5 Å². The molecule has 0 radical (unpaired) electrons. The number of aromatic nitrogens is 4. The first-order valence-electron chi connectivity index (χ1n) is 5.11. The molecule has 16 heavy (non-hydrogen) atoms. The number of fused-ring (bicyclic) bond motifs is 1. The number of hydrogen-bond donors (Lipinski definition) is 1. The number of aryl methyl sites for hydroxylation is 1. The quantitative estimate of drug-likeness (QED) is 0.736. The summed E-state index contributed by atoms with van der Waals surface area (Å²) < 4.78 is 0. The molecular formula is C11H10N4S. The Hall–Kier alpha value is -1.75. The molecule has 0 aromatic carbocycles. The first kappa shape index (κ1) is 9.47. The van der Waals surface area contributed by atoms with Crippen LogP contribution in [0.3, 0.4) is 0 Å². The number of aromatic amines is 1. The fourth-order valence-corrected chi connectivity index (χ4v) is 2.63. The van der Waals surface area contributed by atoms with Crippen molar-refractivity contribution < 1.29 is 0 Å². The molecule has 5 heteroatoms. The van der Waals surface area contributed by atoms with Crippen LogP contribution in [0, 0.1) is 0 Å². The number of nitrogens with zero attached hydrogens (tertiary/aromatic N) is 3. The lowest BCUT2D eigenvalue weighted by atomic mass is 10.2. The van der Waals surface area contributed by atoms with E-state index in [2.05, 4.69) is 38.3 Å². The van der Waals surface area contributed by atoms with Crippen LogP contribution in [-0.4, -0.2) is 19.9 Å². The van der Waals surface area contributed by atoms with E-state index in [4.69, 9.17) is 0 Å². The van der Waals surface area contributed by atoms with Gasteiger partial charge in [0, 0.05) is 0 Å². The van der Waals surface area contributed by atoms with Gasteiger partial charge in [0.1, 0.15) is 11.8 Å². The van der Waals surface area contributed by atoms with Gasteiger partial charge in [-0.15, -0.1) is 11.3 Å². The highest BCUT2D eigenvalue weighted by Gasteiger charge is 2.10. The van der Waals surface area contributed by atoms with Crippen LogP contribution in [0.5, 0.6) is 0 Å². The van der Waals surface area contributed by atoms with Gasteiger partial charge in [-0.25, -0.2) is 15.0 Å². The lowest BCUT2D eigenvalue weighted by Crippen LogP contribution is -1.82. The summed E-state index contributed by atoms with van der Waals surface area (Å²) in [6, 6.07) is 2.14. The average molecular weight is 230 g/mol. The third kappa shape index (κ3) is 1.40. The molecule has 3 rings (SSSR count). The highest BCUT2D eigenvalue weighted by Crippen LogP contribution is 2.28. The van der Waals surface area contributed by atoms with Crippen LogP contribution < -0.4 is 0 Å². The highest BCUT2D eigenvalue weighted by atomic mass is 32.1. The summed E-state index contributed by atoms with van der Waals surface area (Å²) in [5, 5.41) is 2.09. The summed E-state index contributed by atoms with van der Waals surface area (Å²) in [7, 11) is 0. The molecule has 0 bridgehead atoms. The molecule has 0 aliphatic rings. The van der Waals surface area contributed by atoms with Crippen LogP contribution in [0.2, 0.25) is 0 Å². The SMILES string of the molecule is CCc1ccsc1-c1nc2ncncc2[nH]1. The molecule has 1 N–H and O–H groups in total. The Morgan fingerprint density at radius 2 is 2.38 bits per heavy atom. The number of hydrogen-bond acceptors (Lipinski definition) is 4. The van der Waals surface area contributed by atoms with Crippen LogP contribution in [0.15, 0.2) is 24.0 Å². The van der Waals surface area contributed by atoms with Crippen LogP contribution >= 0.6 is 11.3 Å². The van der Waals surface area contributed by atoms with Gasteiger partial charge in [0.05, 0.1) is 11.1 Å². The van der Waals surface area contributed by atoms with Gasteiger partial charge in [-0.2, -0.15) is 0 Å². The molecule has 0 aliphatic heterocycles. The Kier molecular flexibility index (Phi) is 2.18. The largest absolute Gasteiger partial charge is 0.335 e. The van der Waals surface area contributed by atoms with E-state index < -0.39 is 0 Å². The molecule has 80 valence electrons. The number of thiophene rings is 1. The summed E-state index contributed by atoms with van der Waals surface area (Å²) >= 11 is 1.70. The molecule has 3 heterocycles. The van der Waals surface area contributed by atoms with Crippen LogP contribution in [-0.2, 0) is 6.42 Å². The van der Waals surface area contributed by atoms with E-state index in [0.717, 1.165) is 23.4 Å². The number of nitrogens with one attached hydrogen (secondary N) is 1. The molecule has 0 spiro atoms. The van der Waals surface area contributed by atoms with Crippen molar-refractivity contribution in [1.29, 1.82) is 0 Å². The van der Waals surface area contributed by atoms with E-state index in [1.165, 1.54) is 16.8 Å². The van der Waals surface area contributed by atoms with E-state index in [1.54, 1.807) is 17.5 Å². The molecule has 0 atom stereocenters.